The molecule has 0 heterocycles. The molecule has 3 N–H and O–H groups in total. The Hall–Kier alpha value is -2.49. The van der Waals surface area contributed by atoms with Crippen LogP contribution in [0.4, 0.5) is 5.69 Å². The van der Waals surface area contributed by atoms with E-state index < -0.39 is 0 Å². The first-order valence-electron chi connectivity index (χ1n) is 7.46. The lowest BCUT2D eigenvalue weighted by molar-refractivity contribution is 0.0953. The van der Waals surface area contributed by atoms with Gasteiger partial charge in [0.1, 0.15) is 12.4 Å². The van der Waals surface area contributed by atoms with E-state index in [-0.39, 0.29) is 5.91 Å². The van der Waals surface area contributed by atoms with Crippen LogP contribution in [0.3, 0.4) is 0 Å². The Balaban J connectivity index is 2.06. The number of anilines is 1. The van der Waals surface area contributed by atoms with E-state index in [1.54, 1.807) is 18.2 Å². The standard InChI is InChI=1S/C18H22N2O2/c1-3-10-20-18(21)15-8-9-16(19)17(11-15)22-12-14-6-4-13(2)5-7-14/h4-9,11H,3,10,12,19H2,1-2H3,(H,20,21). The third-order valence-electron chi connectivity index (χ3n) is 3.33. The van der Waals surface area contributed by atoms with Gasteiger partial charge in [0, 0.05) is 12.1 Å². The summed E-state index contributed by atoms with van der Waals surface area (Å²) in [6, 6.07) is 13.2. The van der Waals surface area contributed by atoms with Crippen LogP contribution < -0.4 is 15.8 Å². The number of benzene rings is 2. The van der Waals surface area contributed by atoms with E-state index in [9.17, 15) is 4.79 Å². The fourth-order valence-corrected chi connectivity index (χ4v) is 1.99. The van der Waals surface area contributed by atoms with Gasteiger partial charge in [-0.3, -0.25) is 4.79 Å². The summed E-state index contributed by atoms with van der Waals surface area (Å²) < 4.78 is 5.75. The Morgan fingerprint density at radius 2 is 1.91 bits per heavy atom. The molecule has 0 spiro atoms. The van der Waals surface area contributed by atoms with Gasteiger partial charge in [0.05, 0.1) is 5.69 Å². The molecule has 0 aromatic heterocycles. The van der Waals surface area contributed by atoms with Gasteiger partial charge in [0.15, 0.2) is 0 Å². The number of hydrogen-bond acceptors (Lipinski definition) is 3. The summed E-state index contributed by atoms with van der Waals surface area (Å²) in [5.41, 5.74) is 9.27. The molecule has 2 aromatic carbocycles. The average molecular weight is 298 g/mol. The van der Waals surface area contributed by atoms with Crippen LogP contribution in [0.5, 0.6) is 5.75 Å². The van der Waals surface area contributed by atoms with Crippen LogP contribution >= 0.6 is 0 Å². The minimum Gasteiger partial charge on any atom is -0.487 e. The van der Waals surface area contributed by atoms with E-state index >= 15 is 0 Å². The molecule has 0 aliphatic carbocycles. The van der Waals surface area contributed by atoms with Gasteiger partial charge in [0.2, 0.25) is 0 Å². The molecule has 116 valence electrons. The SMILES string of the molecule is CCCNC(=O)c1ccc(N)c(OCc2ccc(C)cc2)c1. The summed E-state index contributed by atoms with van der Waals surface area (Å²) in [6.45, 7) is 5.13. The maximum Gasteiger partial charge on any atom is 0.251 e. The summed E-state index contributed by atoms with van der Waals surface area (Å²) in [4.78, 5) is 12.0. The number of rotatable bonds is 6. The zero-order valence-electron chi connectivity index (χ0n) is 13.1. The van der Waals surface area contributed by atoms with Gasteiger partial charge < -0.3 is 15.8 Å². The summed E-state index contributed by atoms with van der Waals surface area (Å²) in [5, 5.41) is 2.84. The van der Waals surface area contributed by atoms with Gasteiger partial charge in [-0.05, 0) is 37.1 Å². The van der Waals surface area contributed by atoms with Gasteiger partial charge in [-0.15, -0.1) is 0 Å². The molecular formula is C18H22N2O2. The highest BCUT2D eigenvalue weighted by Crippen LogP contribution is 2.24. The monoisotopic (exact) mass is 298 g/mol. The molecule has 0 saturated carbocycles. The Bertz CT molecular complexity index is 636. The van der Waals surface area contributed by atoms with Crippen molar-refractivity contribution in [1.29, 1.82) is 0 Å². The Morgan fingerprint density at radius 3 is 2.59 bits per heavy atom. The summed E-state index contributed by atoms with van der Waals surface area (Å²) >= 11 is 0. The van der Waals surface area contributed by atoms with Crippen LogP contribution in [0.25, 0.3) is 0 Å². The molecule has 2 aromatic rings. The van der Waals surface area contributed by atoms with Gasteiger partial charge >= 0.3 is 0 Å². The number of ether oxygens (including phenoxy) is 1. The molecule has 0 atom stereocenters. The molecule has 1 amide bonds. The van der Waals surface area contributed by atoms with E-state index in [1.807, 2.05) is 38.1 Å². The summed E-state index contributed by atoms with van der Waals surface area (Å²) in [6.07, 6.45) is 0.900. The predicted octanol–water partition coefficient (Wildman–Crippen LogP) is 3.30. The smallest absolute Gasteiger partial charge is 0.251 e. The summed E-state index contributed by atoms with van der Waals surface area (Å²) in [5.74, 6) is 0.423. The van der Waals surface area contributed by atoms with Crippen molar-refractivity contribution in [3.8, 4) is 5.75 Å². The van der Waals surface area contributed by atoms with E-state index in [0.717, 1.165) is 12.0 Å². The quantitative estimate of drug-likeness (QED) is 0.804. The average Bonchev–Trinajstić information content (AvgIpc) is 2.53. The molecular weight excluding hydrogens is 276 g/mol. The van der Waals surface area contributed by atoms with Gasteiger partial charge in [-0.2, -0.15) is 0 Å². The second-order valence-electron chi connectivity index (χ2n) is 5.28. The zero-order valence-corrected chi connectivity index (χ0v) is 13.1. The molecule has 0 fully saturated rings. The molecule has 0 bridgehead atoms. The first-order valence-corrected chi connectivity index (χ1v) is 7.46. The van der Waals surface area contributed by atoms with Crippen molar-refractivity contribution in [3.63, 3.8) is 0 Å². The van der Waals surface area contributed by atoms with Crippen molar-refractivity contribution >= 4 is 11.6 Å². The Morgan fingerprint density at radius 1 is 1.18 bits per heavy atom. The number of carbonyl (C=O) groups is 1. The van der Waals surface area contributed by atoms with Crippen LogP contribution in [0.2, 0.25) is 0 Å². The molecule has 0 saturated heterocycles. The lowest BCUT2D eigenvalue weighted by atomic mass is 10.1. The second kappa shape index (κ2) is 7.50. The minimum atomic E-state index is -0.109. The maximum absolute atomic E-state index is 12.0. The number of hydrogen-bond donors (Lipinski definition) is 2. The van der Waals surface area contributed by atoms with Crippen molar-refractivity contribution in [2.45, 2.75) is 26.9 Å². The van der Waals surface area contributed by atoms with Crippen molar-refractivity contribution in [1.82, 2.24) is 5.32 Å². The first kappa shape index (κ1) is 15.9. The maximum atomic E-state index is 12.0. The van der Waals surface area contributed by atoms with Gasteiger partial charge in [-0.25, -0.2) is 0 Å². The highest BCUT2D eigenvalue weighted by Gasteiger charge is 2.09. The molecule has 0 aliphatic rings. The summed E-state index contributed by atoms with van der Waals surface area (Å²) in [7, 11) is 0. The number of aryl methyl sites for hydroxylation is 1. The van der Waals surface area contributed by atoms with Crippen molar-refractivity contribution < 1.29 is 9.53 Å². The number of nitrogens with two attached hydrogens (primary N) is 1. The van der Waals surface area contributed by atoms with E-state index in [1.165, 1.54) is 5.56 Å². The predicted molar refractivity (Wildman–Crippen MR) is 89.0 cm³/mol. The number of nitrogens with one attached hydrogen (secondary N) is 1. The van der Waals surface area contributed by atoms with E-state index in [2.05, 4.69) is 5.32 Å². The topological polar surface area (TPSA) is 64.4 Å². The van der Waals surface area contributed by atoms with Crippen LogP contribution in [0, 0.1) is 6.92 Å². The largest absolute Gasteiger partial charge is 0.487 e. The zero-order chi connectivity index (χ0) is 15.9. The first-order chi connectivity index (χ1) is 10.6. The van der Waals surface area contributed by atoms with Crippen molar-refractivity contribution in [2.24, 2.45) is 0 Å². The molecule has 22 heavy (non-hydrogen) atoms. The second-order valence-corrected chi connectivity index (χ2v) is 5.28. The molecule has 4 heteroatoms. The van der Waals surface area contributed by atoms with Crippen molar-refractivity contribution in [3.05, 3.63) is 59.2 Å². The molecule has 4 nitrogen and oxygen atoms in total. The van der Waals surface area contributed by atoms with Gasteiger partial charge in [0.25, 0.3) is 5.91 Å². The Labute approximate surface area is 131 Å². The van der Waals surface area contributed by atoms with Gasteiger partial charge in [-0.1, -0.05) is 36.8 Å². The van der Waals surface area contributed by atoms with Crippen LogP contribution in [0.15, 0.2) is 42.5 Å². The molecule has 0 unspecified atom stereocenters. The normalized spacial score (nSPS) is 10.3. The number of carbonyl (C=O) groups excluding carboxylic acids is 1. The van der Waals surface area contributed by atoms with E-state index in [0.29, 0.717) is 30.2 Å². The van der Waals surface area contributed by atoms with Crippen molar-refractivity contribution in [2.75, 3.05) is 12.3 Å². The lowest BCUT2D eigenvalue weighted by Crippen LogP contribution is -2.24. The fourth-order valence-electron chi connectivity index (χ4n) is 1.99. The lowest BCUT2D eigenvalue weighted by Gasteiger charge is -2.11. The molecule has 0 radical (unpaired) electrons. The fraction of sp³-hybridized carbons (Fsp3) is 0.278. The minimum absolute atomic E-state index is 0.109. The third-order valence-corrected chi connectivity index (χ3v) is 3.33. The van der Waals surface area contributed by atoms with Crippen LogP contribution in [-0.2, 0) is 6.61 Å². The number of nitrogen functional groups attached to an aromatic ring is 1. The highest BCUT2D eigenvalue weighted by atomic mass is 16.5. The highest BCUT2D eigenvalue weighted by molar-refractivity contribution is 5.95. The number of amides is 1. The molecule has 0 aliphatic heterocycles. The molecule has 2 rings (SSSR count). The third kappa shape index (κ3) is 4.25. The van der Waals surface area contributed by atoms with Crippen LogP contribution in [0.1, 0.15) is 34.8 Å². The van der Waals surface area contributed by atoms with Crippen LogP contribution in [-0.4, -0.2) is 12.5 Å². The van der Waals surface area contributed by atoms with E-state index in [4.69, 9.17) is 10.5 Å². The Kier molecular flexibility index (Phi) is 5.42.